The maximum atomic E-state index is 11.4. The van der Waals surface area contributed by atoms with Gasteiger partial charge in [-0.25, -0.2) is 0 Å². The van der Waals surface area contributed by atoms with Crippen molar-refractivity contribution < 1.29 is 12.6 Å². The molecule has 2 aromatic rings. The maximum absolute atomic E-state index is 11.4. The summed E-state index contributed by atoms with van der Waals surface area (Å²) in [7, 11) is -2.41. The van der Waals surface area contributed by atoms with E-state index in [0.717, 1.165) is 11.3 Å². The summed E-state index contributed by atoms with van der Waals surface area (Å²) in [6, 6.07) is 15.6. The first kappa shape index (κ1) is 15.1. The first-order valence-electron chi connectivity index (χ1n) is 6.74. The Morgan fingerprint density at radius 3 is 2.64 bits per heavy atom. The first-order valence-corrected chi connectivity index (χ1v) is 9.03. The van der Waals surface area contributed by atoms with Gasteiger partial charge in [0.2, 0.25) is 0 Å². The normalized spacial score (nSPS) is 14.1. The standard InChI is InChI=1S/C16H15NO3S2/c1-17-22(18,19)20-15-8-7-13-9-14(11-21-16(13)10-15)12-5-3-2-4-6-12/h2-8,10-11,17H,9H2,1H3. The number of benzene rings is 2. The van der Waals surface area contributed by atoms with Gasteiger partial charge >= 0.3 is 10.3 Å². The molecule has 0 amide bonds. The Balaban J connectivity index is 1.83. The molecule has 4 nitrogen and oxygen atoms in total. The van der Waals surface area contributed by atoms with Gasteiger partial charge < -0.3 is 4.18 Å². The third kappa shape index (κ3) is 3.35. The molecule has 0 saturated heterocycles. The van der Waals surface area contributed by atoms with Gasteiger partial charge in [0, 0.05) is 11.9 Å². The molecule has 0 aliphatic carbocycles. The predicted octanol–water partition coefficient (Wildman–Crippen LogP) is 3.22. The van der Waals surface area contributed by atoms with E-state index >= 15 is 0 Å². The number of allylic oxidation sites excluding steroid dienone is 1. The topological polar surface area (TPSA) is 55.4 Å². The molecule has 1 heterocycles. The van der Waals surface area contributed by atoms with Gasteiger partial charge in [0.25, 0.3) is 0 Å². The Hall–Kier alpha value is -1.76. The van der Waals surface area contributed by atoms with Crippen molar-refractivity contribution >= 4 is 27.6 Å². The van der Waals surface area contributed by atoms with Gasteiger partial charge in [0.1, 0.15) is 5.75 Å². The van der Waals surface area contributed by atoms with Crippen LogP contribution in [0.3, 0.4) is 0 Å². The Morgan fingerprint density at radius 2 is 1.91 bits per heavy atom. The van der Waals surface area contributed by atoms with E-state index in [0.29, 0.717) is 5.75 Å². The summed E-state index contributed by atoms with van der Waals surface area (Å²) in [5.41, 5.74) is 3.63. The van der Waals surface area contributed by atoms with Crippen molar-refractivity contribution in [2.24, 2.45) is 0 Å². The van der Waals surface area contributed by atoms with Crippen molar-refractivity contribution in [3.05, 3.63) is 65.1 Å². The lowest BCUT2D eigenvalue weighted by atomic mass is 9.99. The van der Waals surface area contributed by atoms with Crippen molar-refractivity contribution in [3.63, 3.8) is 0 Å². The third-order valence-corrected chi connectivity index (χ3v) is 5.30. The van der Waals surface area contributed by atoms with Gasteiger partial charge in [-0.2, -0.15) is 13.1 Å². The maximum Gasteiger partial charge on any atom is 0.382 e. The van der Waals surface area contributed by atoms with E-state index in [9.17, 15) is 8.42 Å². The third-order valence-electron chi connectivity index (χ3n) is 3.35. The largest absolute Gasteiger partial charge is 0.382 e. The van der Waals surface area contributed by atoms with Gasteiger partial charge in [-0.3, -0.25) is 0 Å². The van der Waals surface area contributed by atoms with Crippen molar-refractivity contribution in [2.45, 2.75) is 11.3 Å². The smallest absolute Gasteiger partial charge is 0.371 e. The fraction of sp³-hybridized carbons (Fsp3) is 0.125. The van der Waals surface area contributed by atoms with Crippen LogP contribution in [0, 0.1) is 0 Å². The number of hydrogen-bond acceptors (Lipinski definition) is 4. The SMILES string of the molecule is CNS(=O)(=O)Oc1ccc2c(c1)SC=C(c1ccccc1)C2. The lowest BCUT2D eigenvalue weighted by Crippen LogP contribution is -2.24. The van der Waals surface area contributed by atoms with E-state index in [-0.39, 0.29) is 0 Å². The quantitative estimate of drug-likeness (QED) is 0.933. The lowest BCUT2D eigenvalue weighted by Gasteiger charge is -2.17. The van der Waals surface area contributed by atoms with Crippen LogP contribution < -0.4 is 8.91 Å². The minimum Gasteiger partial charge on any atom is -0.371 e. The second-order valence-corrected chi connectivity index (χ2v) is 7.21. The molecule has 0 aromatic heterocycles. The molecule has 1 aliphatic heterocycles. The second kappa shape index (κ2) is 6.16. The monoisotopic (exact) mass is 333 g/mol. The van der Waals surface area contributed by atoms with Crippen molar-refractivity contribution in [1.82, 2.24) is 4.72 Å². The van der Waals surface area contributed by atoms with Gasteiger partial charge in [-0.15, -0.1) is 0 Å². The molecule has 3 rings (SSSR count). The van der Waals surface area contributed by atoms with Gasteiger partial charge in [-0.1, -0.05) is 48.2 Å². The highest BCUT2D eigenvalue weighted by atomic mass is 32.2. The van der Waals surface area contributed by atoms with Crippen LogP contribution in [0.5, 0.6) is 5.75 Å². The summed E-state index contributed by atoms with van der Waals surface area (Å²) < 4.78 is 29.9. The average Bonchev–Trinajstić information content (AvgIpc) is 2.55. The van der Waals surface area contributed by atoms with Crippen LogP contribution in [0.2, 0.25) is 0 Å². The molecule has 6 heteroatoms. The van der Waals surface area contributed by atoms with E-state index in [2.05, 4.69) is 22.3 Å². The number of rotatable bonds is 4. The van der Waals surface area contributed by atoms with E-state index in [1.807, 2.05) is 24.3 Å². The van der Waals surface area contributed by atoms with Crippen LogP contribution in [0.4, 0.5) is 0 Å². The molecule has 0 saturated carbocycles. The van der Waals surface area contributed by atoms with Crippen LogP contribution in [0.1, 0.15) is 11.1 Å². The first-order chi connectivity index (χ1) is 10.6. The number of thioether (sulfide) groups is 1. The predicted molar refractivity (Wildman–Crippen MR) is 89.0 cm³/mol. The zero-order valence-corrected chi connectivity index (χ0v) is 13.6. The van der Waals surface area contributed by atoms with Crippen LogP contribution in [0.15, 0.2) is 58.8 Å². The summed E-state index contributed by atoms with van der Waals surface area (Å²) in [5.74, 6) is 0.317. The fourth-order valence-electron chi connectivity index (χ4n) is 2.21. The summed E-state index contributed by atoms with van der Waals surface area (Å²) in [6.07, 6.45) is 0.825. The van der Waals surface area contributed by atoms with Gasteiger partial charge in [-0.05, 0) is 40.7 Å². The van der Waals surface area contributed by atoms with E-state index in [1.165, 1.54) is 23.7 Å². The number of hydrogen-bond donors (Lipinski definition) is 1. The molecule has 1 aliphatic rings. The van der Waals surface area contributed by atoms with Crippen LogP contribution in [-0.4, -0.2) is 15.5 Å². The molecular formula is C16H15NO3S2. The molecule has 0 bridgehead atoms. The summed E-state index contributed by atoms with van der Waals surface area (Å²) in [5, 5.41) is 2.11. The summed E-state index contributed by atoms with van der Waals surface area (Å²) in [4.78, 5) is 1.02. The molecular weight excluding hydrogens is 318 g/mol. The zero-order valence-electron chi connectivity index (χ0n) is 11.9. The molecule has 0 fully saturated rings. The molecule has 114 valence electrons. The van der Waals surface area contributed by atoms with Crippen LogP contribution >= 0.6 is 11.8 Å². The van der Waals surface area contributed by atoms with Crippen molar-refractivity contribution in [3.8, 4) is 5.75 Å². The summed E-state index contributed by atoms with van der Waals surface area (Å²) in [6.45, 7) is 0. The molecule has 22 heavy (non-hydrogen) atoms. The minimum absolute atomic E-state index is 0.317. The molecule has 0 spiro atoms. The van der Waals surface area contributed by atoms with Gasteiger partial charge in [0.15, 0.2) is 0 Å². The Labute approximate surface area is 134 Å². The van der Waals surface area contributed by atoms with Crippen LogP contribution in [-0.2, 0) is 16.7 Å². The van der Waals surface area contributed by atoms with Crippen LogP contribution in [0.25, 0.3) is 5.57 Å². The van der Waals surface area contributed by atoms with E-state index in [1.54, 1.807) is 23.9 Å². The average molecular weight is 333 g/mol. The molecule has 2 aromatic carbocycles. The zero-order chi connectivity index (χ0) is 15.6. The Kier molecular flexibility index (Phi) is 4.24. The highest BCUT2D eigenvalue weighted by Crippen LogP contribution is 2.38. The van der Waals surface area contributed by atoms with Crippen molar-refractivity contribution in [2.75, 3.05) is 7.05 Å². The Bertz CT molecular complexity index is 815. The highest BCUT2D eigenvalue weighted by Gasteiger charge is 2.16. The van der Waals surface area contributed by atoms with Gasteiger partial charge in [0.05, 0.1) is 0 Å². The highest BCUT2D eigenvalue weighted by molar-refractivity contribution is 8.02. The molecule has 1 N–H and O–H groups in total. The number of fused-ring (bicyclic) bond motifs is 1. The summed E-state index contributed by atoms with van der Waals surface area (Å²) >= 11 is 1.58. The number of nitrogens with one attached hydrogen (secondary N) is 1. The van der Waals surface area contributed by atoms with E-state index < -0.39 is 10.3 Å². The van der Waals surface area contributed by atoms with Crippen molar-refractivity contribution in [1.29, 1.82) is 0 Å². The second-order valence-electron chi connectivity index (χ2n) is 4.81. The molecule has 0 radical (unpaired) electrons. The Morgan fingerprint density at radius 1 is 1.14 bits per heavy atom. The van der Waals surface area contributed by atoms with E-state index in [4.69, 9.17) is 4.18 Å². The fourth-order valence-corrected chi connectivity index (χ4v) is 3.62. The lowest BCUT2D eigenvalue weighted by molar-refractivity contribution is 0.476. The molecule has 0 unspecified atom stereocenters. The minimum atomic E-state index is -3.73. The molecule has 0 atom stereocenters.